The summed E-state index contributed by atoms with van der Waals surface area (Å²) < 4.78 is 64.3. The van der Waals surface area contributed by atoms with E-state index < -0.39 is 47.9 Å². The van der Waals surface area contributed by atoms with E-state index in [1.807, 2.05) is 0 Å². The molecule has 25 heavy (non-hydrogen) atoms. The molecule has 1 N–H and O–H groups in total. The van der Waals surface area contributed by atoms with Gasteiger partial charge in [0.05, 0.1) is 11.3 Å². The van der Waals surface area contributed by atoms with Crippen LogP contribution in [0.5, 0.6) is 0 Å². The fourth-order valence-corrected chi connectivity index (χ4v) is 3.08. The van der Waals surface area contributed by atoms with Gasteiger partial charge in [-0.25, -0.2) is 8.78 Å². The van der Waals surface area contributed by atoms with Gasteiger partial charge in [-0.3, -0.25) is 9.59 Å². The Morgan fingerprint density at radius 1 is 1.24 bits per heavy atom. The first-order valence-corrected chi connectivity index (χ1v) is 7.76. The molecule has 0 radical (unpaired) electrons. The van der Waals surface area contributed by atoms with Crippen molar-refractivity contribution in [3.05, 3.63) is 29.8 Å². The minimum Gasteiger partial charge on any atom is -0.344 e. The van der Waals surface area contributed by atoms with Gasteiger partial charge >= 0.3 is 6.18 Å². The summed E-state index contributed by atoms with van der Waals surface area (Å²) in [4.78, 5) is 25.2. The number of benzene rings is 1. The smallest absolute Gasteiger partial charge is 0.344 e. The number of hydrogen-bond acceptors (Lipinski definition) is 2. The first-order valence-electron chi connectivity index (χ1n) is 7.76. The quantitative estimate of drug-likeness (QED) is 0.838. The van der Waals surface area contributed by atoms with Gasteiger partial charge in [-0.05, 0) is 25.0 Å². The van der Waals surface area contributed by atoms with Gasteiger partial charge in [-0.2, -0.15) is 13.2 Å². The molecule has 1 aromatic rings. The van der Waals surface area contributed by atoms with Gasteiger partial charge in [0.15, 0.2) is 0 Å². The molecule has 136 valence electrons. The number of halogens is 5. The molecule has 0 spiro atoms. The van der Waals surface area contributed by atoms with Crippen LogP contribution in [0.25, 0.3) is 0 Å². The van der Waals surface area contributed by atoms with Gasteiger partial charge in [0.1, 0.15) is 6.04 Å². The van der Waals surface area contributed by atoms with Crippen LogP contribution in [0.2, 0.25) is 0 Å². The largest absolute Gasteiger partial charge is 0.418 e. The van der Waals surface area contributed by atoms with Crippen molar-refractivity contribution in [2.75, 3.05) is 11.4 Å². The second-order valence-corrected chi connectivity index (χ2v) is 6.20. The number of para-hydroxylation sites is 1. The highest BCUT2D eigenvalue weighted by Gasteiger charge is 2.50. The molecule has 0 aromatic heterocycles. The zero-order valence-corrected chi connectivity index (χ0v) is 12.9. The molecule has 3 atom stereocenters. The van der Waals surface area contributed by atoms with Crippen LogP contribution >= 0.6 is 0 Å². The van der Waals surface area contributed by atoms with E-state index in [0.29, 0.717) is 0 Å². The van der Waals surface area contributed by atoms with E-state index in [9.17, 15) is 31.5 Å². The van der Waals surface area contributed by atoms with Crippen molar-refractivity contribution in [2.45, 2.75) is 31.5 Å². The Balaban J connectivity index is 1.70. The Hall–Kier alpha value is -2.19. The number of carbonyl (C=O) groups excluding carboxylic acids is 2. The molecule has 2 fully saturated rings. The number of alkyl halides is 5. The summed E-state index contributed by atoms with van der Waals surface area (Å²) in [6, 6.07) is 3.70. The third kappa shape index (κ3) is 3.45. The highest BCUT2D eigenvalue weighted by atomic mass is 19.4. The highest BCUT2D eigenvalue weighted by molar-refractivity contribution is 6.02. The lowest BCUT2D eigenvalue weighted by Crippen LogP contribution is -2.42. The van der Waals surface area contributed by atoms with E-state index in [2.05, 4.69) is 5.32 Å². The third-order valence-electron chi connectivity index (χ3n) is 4.52. The average molecular weight is 362 g/mol. The lowest BCUT2D eigenvalue weighted by atomic mass is 10.1. The lowest BCUT2D eigenvalue weighted by molar-refractivity contribution is -0.137. The molecule has 1 aromatic carbocycles. The van der Waals surface area contributed by atoms with Crippen LogP contribution in [0, 0.1) is 11.8 Å². The van der Waals surface area contributed by atoms with E-state index >= 15 is 0 Å². The Bertz CT molecular complexity index is 691. The van der Waals surface area contributed by atoms with Crippen molar-refractivity contribution >= 4 is 17.5 Å². The Morgan fingerprint density at radius 2 is 1.92 bits per heavy atom. The Morgan fingerprint density at radius 3 is 2.52 bits per heavy atom. The second-order valence-electron chi connectivity index (χ2n) is 6.20. The van der Waals surface area contributed by atoms with Crippen molar-refractivity contribution in [3.8, 4) is 0 Å². The standard InChI is InChI=1S/C16H15F5N2O2/c17-13(18)8-7-9(8)14(24)22-11-5-6-23(15(11)25)12-4-2-1-3-10(12)16(19,20)21/h1-4,8-9,11,13H,5-7H2,(H,22,24)/t8-,9-,11?/m0/s1. The number of rotatable bonds is 4. The van der Waals surface area contributed by atoms with Crippen LogP contribution in [-0.4, -0.2) is 30.8 Å². The summed E-state index contributed by atoms with van der Waals surface area (Å²) in [5.41, 5.74) is -1.20. The number of nitrogens with zero attached hydrogens (tertiary/aromatic N) is 1. The maximum atomic E-state index is 13.1. The predicted molar refractivity (Wildman–Crippen MR) is 77.9 cm³/mol. The van der Waals surface area contributed by atoms with E-state index in [1.165, 1.54) is 18.2 Å². The first kappa shape index (κ1) is 17.6. The topological polar surface area (TPSA) is 49.4 Å². The molecule has 2 amide bonds. The van der Waals surface area contributed by atoms with Crippen molar-refractivity contribution in [1.82, 2.24) is 5.32 Å². The molecule has 0 bridgehead atoms. The number of amides is 2. The van der Waals surface area contributed by atoms with Gasteiger partial charge < -0.3 is 10.2 Å². The first-order chi connectivity index (χ1) is 11.7. The van der Waals surface area contributed by atoms with Gasteiger partial charge in [0, 0.05) is 18.4 Å². The maximum Gasteiger partial charge on any atom is 0.418 e. The van der Waals surface area contributed by atoms with Crippen molar-refractivity contribution < 1.29 is 31.5 Å². The molecule has 1 heterocycles. The van der Waals surface area contributed by atoms with Crippen molar-refractivity contribution in [3.63, 3.8) is 0 Å². The molecular weight excluding hydrogens is 347 g/mol. The summed E-state index contributed by atoms with van der Waals surface area (Å²) in [5.74, 6) is -3.14. The van der Waals surface area contributed by atoms with Crippen LogP contribution in [0.3, 0.4) is 0 Å². The molecule has 1 unspecified atom stereocenters. The number of nitrogens with one attached hydrogen (secondary N) is 1. The minimum absolute atomic E-state index is 0.0137. The Labute approximate surface area is 140 Å². The fourth-order valence-electron chi connectivity index (χ4n) is 3.08. The van der Waals surface area contributed by atoms with Crippen LogP contribution in [0.1, 0.15) is 18.4 Å². The number of anilines is 1. The maximum absolute atomic E-state index is 13.1. The Kier molecular flexibility index (Phi) is 4.42. The monoisotopic (exact) mass is 362 g/mol. The lowest BCUT2D eigenvalue weighted by Gasteiger charge is -2.21. The molecule has 1 aliphatic heterocycles. The molecule has 1 aliphatic carbocycles. The summed E-state index contributed by atoms with van der Waals surface area (Å²) in [5, 5.41) is 2.39. The predicted octanol–water partition coefficient (Wildman–Crippen LogP) is 2.83. The van der Waals surface area contributed by atoms with Crippen LogP contribution in [0.15, 0.2) is 24.3 Å². The van der Waals surface area contributed by atoms with Crippen LogP contribution < -0.4 is 10.2 Å². The number of carbonyl (C=O) groups is 2. The molecule has 1 saturated carbocycles. The van der Waals surface area contributed by atoms with Gasteiger partial charge in [0.25, 0.3) is 0 Å². The minimum atomic E-state index is -4.61. The molecule has 1 saturated heterocycles. The van der Waals surface area contributed by atoms with E-state index in [1.54, 1.807) is 0 Å². The average Bonchev–Trinajstić information content (AvgIpc) is 3.27. The number of hydrogen-bond donors (Lipinski definition) is 1. The third-order valence-corrected chi connectivity index (χ3v) is 4.52. The normalized spacial score (nSPS) is 26.2. The zero-order chi connectivity index (χ0) is 18.4. The highest BCUT2D eigenvalue weighted by Crippen LogP contribution is 2.43. The van der Waals surface area contributed by atoms with E-state index in [-0.39, 0.29) is 25.1 Å². The molecule has 9 heteroatoms. The summed E-state index contributed by atoms with van der Waals surface area (Å²) in [7, 11) is 0. The van der Waals surface area contributed by atoms with Crippen molar-refractivity contribution in [2.24, 2.45) is 11.8 Å². The molecular formula is C16H15F5N2O2. The zero-order valence-electron chi connectivity index (χ0n) is 12.9. The fraction of sp³-hybridized carbons (Fsp3) is 0.500. The summed E-state index contributed by atoms with van der Waals surface area (Å²) in [6.07, 6.45) is -7.02. The van der Waals surface area contributed by atoms with Crippen LogP contribution in [-0.2, 0) is 15.8 Å². The van der Waals surface area contributed by atoms with Gasteiger partial charge in [-0.1, -0.05) is 12.1 Å². The summed E-state index contributed by atoms with van der Waals surface area (Å²) in [6.45, 7) is 0.0137. The molecule has 4 nitrogen and oxygen atoms in total. The SMILES string of the molecule is O=C(NC1CCN(c2ccccc2C(F)(F)F)C1=O)[C@H]1C[C@@H]1C(F)F. The second kappa shape index (κ2) is 6.27. The van der Waals surface area contributed by atoms with Crippen LogP contribution in [0.4, 0.5) is 27.6 Å². The van der Waals surface area contributed by atoms with Gasteiger partial charge in [0.2, 0.25) is 18.2 Å². The van der Waals surface area contributed by atoms with E-state index in [0.717, 1.165) is 11.0 Å². The van der Waals surface area contributed by atoms with E-state index in [4.69, 9.17) is 0 Å². The van der Waals surface area contributed by atoms with Gasteiger partial charge in [-0.15, -0.1) is 0 Å². The van der Waals surface area contributed by atoms with Crippen molar-refractivity contribution in [1.29, 1.82) is 0 Å². The molecule has 3 rings (SSSR count). The molecule has 2 aliphatic rings. The summed E-state index contributed by atoms with van der Waals surface area (Å²) >= 11 is 0.